The van der Waals surface area contributed by atoms with E-state index < -0.39 is 34.9 Å². The molecule has 0 aliphatic rings. The van der Waals surface area contributed by atoms with E-state index in [1.54, 1.807) is 20.8 Å². The molecule has 1 atom stereocenters. The Hall–Kier alpha value is -2.40. The first-order valence-corrected chi connectivity index (χ1v) is 9.59. The highest BCUT2D eigenvalue weighted by Crippen LogP contribution is 2.30. The first-order chi connectivity index (χ1) is 13.8. The summed E-state index contributed by atoms with van der Waals surface area (Å²) in [5.41, 5.74) is 4.35. The Labute approximate surface area is 179 Å². The molecule has 11 heteroatoms. The van der Waals surface area contributed by atoms with Crippen molar-refractivity contribution < 1.29 is 27.4 Å². The summed E-state index contributed by atoms with van der Waals surface area (Å²) in [7, 11) is 0. The second kappa shape index (κ2) is 9.17. The van der Waals surface area contributed by atoms with Crippen LogP contribution in [0.4, 0.5) is 13.2 Å². The molecule has 0 spiro atoms. The molecule has 0 bridgehead atoms. The number of aromatic nitrogens is 2. The van der Waals surface area contributed by atoms with E-state index in [-0.39, 0.29) is 23.5 Å². The van der Waals surface area contributed by atoms with Crippen molar-refractivity contribution in [1.29, 1.82) is 0 Å². The number of ether oxygens (including phenoxy) is 2. The molecule has 1 aromatic carbocycles. The molecule has 0 saturated carbocycles. The van der Waals surface area contributed by atoms with Crippen LogP contribution >= 0.6 is 15.9 Å². The Kier molecular flexibility index (Phi) is 7.30. The molecular formula is C19H21BrF3N3O4. The number of rotatable bonds is 6. The SMILES string of the molecule is CC(C)(C)OC(=O)Cn1cnc(OC[C@@H](N)c2ccc(C(F)(F)F)cc2)c(Br)c1=O. The van der Waals surface area contributed by atoms with Crippen molar-refractivity contribution >= 4 is 21.9 Å². The van der Waals surface area contributed by atoms with Gasteiger partial charge in [0.1, 0.15) is 29.6 Å². The fraction of sp³-hybridized carbons (Fsp3) is 0.421. The lowest BCUT2D eigenvalue weighted by atomic mass is 10.1. The van der Waals surface area contributed by atoms with Gasteiger partial charge in [-0.1, -0.05) is 12.1 Å². The lowest BCUT2D eigenvalue weighted by Crippen LogP contribution is -2.31. The number of alkyl halides is 3. The van der Waals surface area contributed by atoms with Gasteiger partial charge in [-0.3, -0.25) is 14.2 Å². The molecule has 0 unspecified atom stereocenters. The van der Waals surface area contributed by atoms with E-state index in [1.165, 1.54) is 12.1 Å². The summed E-state index contributed by atoms with van der Waals surface area (Å²) in [5, 5.41) is 0. The van der Waals surface area contributed by atoms with Crippen LogP contribution in [0.1, 0.15) is 37.9 Å². The molecule has 0 amide bonds. The second-order valence-corrected chi connectivity index (χ2v) is 8.21. The van der Waals surface area contributed by atoms with Gasteiger partial charge in [0.05, 0.1) is 11.6 Å². The smallest absolute Gasteiger partial charge is 0.416 e. The normalized spacial score (nSPS) is 13.1. The van der Waals surface area contributed by atoms with Crippen LogP contribution in [0.3, 0.4) is 0 Å². The Morgan fingerprint density at radius 2 is 1.83 bits per heavy atom. The van der Waals surface area contributed by atoms with Gasteiger partial charge in [-0.25, -0.2) is 4.98 Å². The number of nitrogens with two attached hydrogens (primary N) is 1. The fourth-order valence-corrected chi connectivity index (χ4v) is 2.80. The standard InChI is InChI=1S/C19H21BrF3N3O4/c1-18(2,3)30-14(27)8-26-10-25-16(15(20)17(26)28)29-9-13(24)11-4-6-12(7-5-11)19(21,22)23/h4-7,10,13H,8-9,24H2,1-3H3/t13-/m1/s1. The van der Waals surface area contributed by atoms with Crippen molar-refractivity contribution in [3.63, 3.8) is 0 Å². The maximum absolute atomic E-state index is 12.6. The molecular weight excluding hydrogens is 471 g/mol. The minimum Gasteiger partial charge on any atom is -0.475 e. The average Bonchev–Trinajstić information content (AvgIpc) is 2.62. The maximum Gasteiger partial charge on any atom is 0.416 e. The lowest BCUT2D eigenvalue weighted by Gasteiger charge is -2.20. The monoisotopic (exact) mass is 491 g/mol. The Balaban J connectivity index is 2.04. The van der Waals surface area contributed by atoms with Crippen molar-refractivity contribution in [1.82, 2.24) is 9.55 Å². The van der Waals surface area contributed by atoms with Gasteiger partial charge in [0.15, 0.2) is 0 Å². The summed E-state index contributed by atoms with van der Waals surface area (Å²) in [6.45, 7) is 4.66. The van der Waals surface area contributed by atoms with Gasteiger partial charge >= 0.3 is 12.1 Å². The highest BCUT2D eigenvalue weighted by molar-refractivity contribution is 9.10. The quantitative estimate of drug-likeness (QED) is 0.621. The first kappa shape index (κ1) is 23.9. The molecule has 1 heterocycles. The zero-order valence-corrected chi connectivity index (χ0v) is 18.1. The molecule has 0 radical (unpaired) electrons. The summed E-state index contributed by atoms with van der Waals surface area (Å²) < 4.78 is 49.5. The summed E-state index contributed by atoms with van der Waals surface area (Å²) in [6.07, 6.45) is -3.30. The Bertz CT molecular complexity index is 953. The van der Waals surface area contributed by atoms with Crippen molar-refractivity contribution in [2.24, 2.45) is 5.73 Å². The van der Waals surface area contributed by atoms with Crippen molar-refractivity contribution in [3.8, 4) is 5.88 Å². The Morgan fingerprint density at radius 3 is 2.37 bits per heavy atom. The van der Waals surface area contributed by atoms with Crippen LogP contribution in [0.25, 0.3) is 0 Å². The molecule has 0 saturated heterocycles. The molecule has 0 aliphatic carbocycles. The third-order valence-electron chi connectivity index (χ3n) is 3.74. The van der Waals surface area contributed by atoms with Gasteiger partial charge in [0, 0.05) is 0 Å². The number of halogens is 4. The number of carbonyl (C=O) groups is 1. The topological polar surface area (TPSA) is 96.4 Å². The van der Waals surface area contributed by atoms with E-state index in [4.69, 9.17) is 15.2 Å². The zero-order valence-electron chi connectivity index (χ0n) is 16.5. The van der Waals surface area contributed by atoms with Gasteiger partial charge in [-0.15, -0.1) is 0 Å². The summed E-state index contributed by atoms with van der Waals surface area (Å²) in [6, 6.07) is 3.64. The van der Waals surface area contributed by atoms with Crippen LogP contribution in [-0.4, -0.2) is 27.7 Å². The average molecular weight is 492 g/mol. The van der Waals surface area contributed by atoms with E-state index in [2.05, 4.69) is 20.9 Å². The van der Waals surface area contributed by atoms with Gasteiger partial charge in [0.2, 0.25) is 5.88 Å². The van der Waals surface area contributed by atoms with E-state index in [0.29, 0.717) is 5.56 Å². The molecule has 30 heavy (non-hydrogen) atoms. The van der Waals surface area contributed by atoms with Crippen LogP contribution in [0.15, 0.2) is 39.9 Å². The van der Waals surface area contributed by atoms with Crippen LogP contribution in [0, 0.1) is 0 Å². The number of nitrogens with zero attached hydrogens (tertiary/aromatic N) is 2. The molecule has 0 fully saturated rings. The third-order valence-corrected chi connectivity index (χ3v) is 4.41. The molecule has 7 nitrogen and oxygen atoms in total. The number of carbonyl (C=O) groups excluding carboxylic acids is 1. The fourth-order valence-electron chi connectivity index (χ4n) is 2.36. The van der Waals surface area contributed by atoms with Gasteiger partial charge in [-0.05, 0) is 54.4 Å². The molecule has 0 aliphatic heterocycles. The van der Waals surface area contributed by atoms with E-state index in [9.17, 15) is 22.8 Å². The van der Waals surface area contributed by atoms with Crippen LogP contribution in [-0.2, 0) is 22.3 Å². The molecule has 1 aromatic heterocycles. The number of hydrogen-bond donors (Lipinski definition) is 1. The van der Waals surface area contributed by atoms with Crippen LogP contribution < -0.4 is 16.0 Å². The van der Waals surface area contributed by atoms with Crippen molar-refractivity contribution in [2.75, 3.05) is 6.61 Å². The van der Waals surface area contributed by atoms with E-state index in [0.717, 1.165) is 23.0 Å². The predicted octanol–water partition coefficient (Wildman–Crippen LogP) is 3.45. The predicted molar refractivity (Wildman–Crippen MR) is 106 cm³/mol. The summed E-state index contributed by atoms with van der Waals surface area (Å²) in [4.78, 5) is 28.3. The zero-order chi connectivity index (χ0) is 22.7. The minimum atomic E-state index is -4.43. The van der Waals surface area contributed by atoms with E-state index in [1.807, 2.05) is 0 Å². The first-order valence-electron chi connectivity index (χ1n) is 8.80. The van der Waals surface area contributed by atoms with Crippen LogP contribution in [0.5, 0.6) is 5.88 Å². The second-order valence-electron chi connectivity index (χ2n) is 7.42. The summed E-state index contributed by atoms with van der Waals surface area (Å²) >= 11 is 3.08. The van der Waals surface area contributed by atoms with Gasteiger partial charge in [-0.2, -0.15) is 13.2 Å². The Morgan fingerprint density at radius 1 is 1.23 bits per heavy atom. The number of esters is 1. The van der Waals surface area contributed by atoms with Crippen molar-refractivity contribution in [3.05, 3.63) is 56.5 Å². The number of hydrogen-bond acceptors (Lipinski definition) is 6. The maximum atomic E-state index is 12.6. The largest absolute Gasteiger partial charge is 0.475 e. The molecule has 2 rings (SSSR count). The highest BCUT2D eigenvalue weighted by Gasteiger charge is 2.30. The van der Waals surface area contributed by atoms with Crippen molar-refractivity contribution in [2.45, 2.75) is 45.1 Å². The third kappa shape index (κ3) is 6.56. The van der Waals surface area contributed by atoms with Gasteiger partial charge in [0.25, 0.3) is 5.56 Å². The minimum absolute atomic E-state index is 0.0202. The number of benzene rings is 1. The van der Waals surface area contributed by atoms with Gasteiger partial charge < -0.3 is 15.2 Å². The molecule has 164 valence electrons. The van der Waals surface area contributed by atoms with E-state index >= 15 is 0 Å². The lowest BCUT2D eigenvalue weighted by molar-refractivity contribution is -0.155. The molecule has 2 N–H and O–H groups in total. The summed E-state index contributed by atoms with van der Waals surface area (Å²) in [5.74, 6) is -0.654. The highest BCUT2D eigenvalue weighted by atomic mass is 79.9. The molecule has 2 aromatic rings. The van der Waals surface area contributed by atoms with Crippen LogP contribution in [0.2, 0.25) is 0 Å².